The Bertz CT molecular complexity index is 992. The summed E-state index contributed by atoms with van der Waals surface area (Å²) < 4.78 is 3.19. The molecule has 0 unspecified atom stereocenters. The van der Waals surface area contributed by atoms with E-state index in [1.807, 2.05) is 42.5 Å². The second-order valence-electron chi connectivity index (χ2n) is 6.46. The van der Waals surface area contributed by atoms with Crippen LogP contribution >= 0.6 is 35.3 Å². The molecule has 4 rings (SSSR count). The number of rotatable bonds is 6. The number of aromatic nitrogens is 2. The van der Waals surface area contributed by atoms with Gasteiger partial charge >= 0.3 is 0 Å². The van der Waals surface area contributed by atoms with E-state index in [1.165, 1.54) is 41.6 Å². The second kappa shape index (κ2) is 8.89. The largest absolute Gasteiger partial charge is 0.372 e. The first-order valence-electron chi connectivity index (χ1n) is 9.12. The molecule has 1 amide bonds. The van der Waals surface area contributed by atoms with Crippen LogP contribution in [0.4, 0.5) is 11.4 Å². The number of nitrogens with zero attached hydrogens (tertiary/aromatic N) is 3. The normalized spacial score (nSPS) is 13.6. The molecule has 8 heteroatoms. The Balaban J connectivity index is 1.33. The van der Waals surface area contributed by atoms with Crippen LogP contribution in [0.3, 0.4) is 0 Å². The highest BCUT2D eigenvalue weighted by atomic mass is 32.2. The zero-order chi connectivity index (χ0) is 19.3. The number of nitrogens with one attached hydrogen (secondary N) is 1. The van der Waals surface area contributed by atoms with Gasteiger partial charge in [-0.15, -0.1) is 5.10 Å². The third-order valence-electron chi connectivity index (χ3n) is 4.48. The topological polar surface area (TPSA) is 50.2 Å². The van der Waals surface area contributed by atoms with Crippen molar-refractivity contribution in [2.75, 3.05) is 29.1 Å². The van der Waals surface area contributed by atoms with Crippen molar-refractivity contribution in [1.29, 1.82) is 0 Å². The molecule has 0 saturated carbocycles. The zero-order valence-electron chi connectivity index (χ0n) is 15.2. The van der Waals surface area contributed by atoms with Gasteiger partial charge in [-0.2, -0.15) is 0 Å². The van der Waals surface area contributed by atoms with Gasteiger partial charge in [0.2, 0.25) is 5.91 Å². The van der Waals surface area contributed by atoms with E-state index in [1.54, 1.807) is 4.68 Å². The Hall–Kier alpha value is -2.16. The van der Waals surface area contributed by atoms with Gasteiger partial charge < -0.3 is 10.2 Å². The van der Waals surface area contributed by atoms with Crippen LogP contribution in [-0.4, -0.2) is 34.5 Å². The lowest BCUT2D eigenvalue weighted by Crippen LogP contribution is -2.18. The number of hydrogen-bond acceptors (Lipinski definition) is 6. The first-order chi connectivity index (χ1) is 13.7. The lowest BCUT2D eigenvalue weighted by molar-refractivity contribution is -0.113. The van der Waals surface area contributed by atoms with Crippen molar-refractivity contribution < 1.29 is 4.79 Å². The third-order valence-corrected chi connectivity index (χ3v) is 6.84. The zero-order valence-corrected chi connectivity index (χ0v) is 17.7. The maximum atomic E-state index is 12.3. The van der Waals surface area contributed by atoms with Gasteiger partial charge in [0.1, 0.15) is 0 Å². The Morgan fingerprint density at radius 3 is 2.50 bits per heavy atom. The second-order valence-corrected chi connectivity index (χ2v) is 9.30. The van der Waals surface area contributed by atoms with Crippen LogP contribution in [0.2, 0.25) is 0 Å². The van der Waals surface area contributed by atoms with Crippen molar-refractivity contribution in [3.63, 3.8) is 0 Å². The Morgan fingerprint density at radius 2 is 1.79 bits per heavy atom. The molecule has 5 nitrogen and oxygen atoms in total. The Labute approximate surface area is 177 Å². The molecule has 0 atom stereocenters. The van der Waals surface area contributed by atoms with E-state index in [0.29, 0.717) is 9.71 Å². The van der Waals surface area contributed by atoms with Crippen molar-refractivity contribution in [2.45, 2.75) is 17.2 Å². The summed E-state index contributed by atoms with van der Waals surface area (Å²) in [4.78, 5) is 14.7. The predicted octanol–water partition coefficient (Wildman–Crippen LogP) is 4.99. The summed E-state index contributed by atoms with van der Waals surface area (Å²) in [7, 11) is 0. The number of carbonyl (C=O) groups excluding carboxylic acids is 1. The van der Waals surface area contributed by atoms with Gasteiger partial charge in [-0.1, -0.05) is 41.3 Å². The van der Waals surface area contributed by atoms with Crippen molar-refractivity contribution in [1.82, 2.24) is 9.78 Å². The summed E-state index contributed by atoms with van der Waals surface area (Å²) in [6, 6.07) is 17.8. The number of anilines is 2. The first-order valence-corrected chi connectivity index (χ1v) is 11.3. The fourth-order valence-corrected chi connectivity index (χ4v) is 5.27. The van der Waals surface area contributed by atoms with Gasteiger partial charge in [0.25, 0.3) is 0 Å². The van der Waals surface area contributed by atoms with Gasteiger partial charge in [-0.3, -0.25) is 4.79 Å². The molecule has 1 saturated heterocycles. The van der Waals surface area contributed by atoms with Crippen LogP contribution in [0, 0.1) is 3.95 Å². The first kappa shape index (κ1) is 19.2. The molecule has 2 heterocycles. The molecule has 0 radical (unpaired) electrons. The van der Waals surface area contributed by atoms with Gasteiger partial charge in [-0.25, -0.2) is 4.68 Å². The van der Waals surface area contributed by atoms with Crippen molar-refractivity contribution in [3.05, 3.63) is 58.6 Å². The van der Waals surface area contributed by atoms with E-state index >= 15 is 0 Å². The lowest BCUT2D eigenvalue weighted by Gasteiger charge is -2.17. The number of benzene rings is 2. The van der Waals surface area contributed by atoms with Crippen molar-refractivity contribution in [3.8, 4) is 5.69 Å². The average Bonchev–Trinajstić information content (AvgIpc) is 3.38. The maximum absolute atomic E-state index is 12.3. The van der Waals surface area contributed by atoms with Gasteiger partial charge in [-0.05, 0) is 61.5 Å². The fourth-order valence-electron chi connectivity index (χ4n) is 3.11. The van der Waals surface area contributed by atoms with E-state index in [-0.39, 0.29) is 5.91 Å². The number of thioether (sulfide) groups is 1. The summed E-state index contributed by atoms with van der Waals surface area (Å²) in [5.41, 5.74) is 2.96. The molecule has 1 N–H and O–H groups in total. The highest BCUT2D eigenvalue weighted by Gasteiger charge is 2.13. The fraction of sp³-hybridized carbons (Fsp3) is 0.250. The molecule has 3 aromatic rings. The summed E-state index contributed by atoms with van der Waals surface area (Å²) in [5.74, 6) is 0.247. The van der Waals surface area contributed by atoms with E-state index in [4.69, 9.17) is 12.2 Å². The predicted molar refractivity (Wildman–Crippen MR) is 120 cm³/mol. The van der Waals surface area contributed by atoms with Crippen LogP contribution in [0.1, 0.15) is 12.8 Å². The molecule has 0 spiro atoms. The standard InChI is InChI=1S/C20H20N4OS3/c25-18(21-15-8-10-16(11-9-15)23-12-4-5-13-23)14-27-19-22-24(20(26)28-19)17-6-2-1-3-7-17/h1-3,6-11H,4-5,12-14H2,(H,21,25). The minimum absolute atomic E-state index is 0.0497. The average molecular weight is 429 g/mol. The molecule has 1 aromatic heterocycles. The van der Waals surface area contributed by atoms with Crippen molar-refractivity contribution in [2.24, 2.45) is 0 Å². The summed E-state index contributed by atoms with van der Waals surface area (Å²) >= 11 is 8.22. The molecule has 1 fully saturated rings. The maximum Gasteiger partial charge on any atom is 0.234 e. The molecule has 0 bridgehead atoms. The highest BCUT2D eigenvalue weighted by Crippen LogP contribution is 2.25. The van der Waals surface area contributed by atoms with Crippen LogP contribution in [0.5, 0.6) is 0 Å². The Kier molecular flexibility index (Phi) is 6.09. The number of hydrogen-bond donors (Lipinski definition) is 1. The highest BCUT2D eigenvalue weighted by molar-refractivity contribution is 8.01. The minimum atomic E-state index is -0.0497. The monoisotopic (exact) mass is 428 g/mol. The lowest BCUT2D eigenvalue weighted by atomic mass is 10.2. The molecular formula is C20H20N4OS3. The number of carbonyl (C=O) groups is 1. The van der Waals surface area contributed by atoms with Gasteiger partial charge in [0.15, 0.2) is 8.29 Å². The van der Waals surface area contributed by atoms with Crippen LogP contribution in [0.25, 0.3) is 5.69 Å². The smallest absolute Gasteiger partial charge is 0.234 e. The summed E-state index contributed by atoms with van der Waals surface area (Å²) in [6.07, 6.45) is 2.51. The summed E-state index contributed by atoms with van der Waals surface area (Å²) in [5, 5.41) is 7.47. The SMILES string of the molecule is O=C(CSc1nn(-c2ccccc2)c(=S)s1)Nc1ccc(N2CCCC2)cc1. The van der Waals surface area contributed by atoms with Gasteiger partial charge in [0.05, 0.1) is 11.4 Å². The molecule has 144 valence electrons. The van der Waals surface area contributed by atoms with E-state index < -0.39 is 0 Å². The van der Waals surface area contributed by atoms with E-state index in [2.05, 4.69) is 27.4 Å². The quantitative estimate of drug-likeness (QED) is 0.443. The molecule has 1 aliphatic rings. The van der Waals surface area contributed by atoms with Crippen molar-refractivity contribution >= 4 is 52.6 Å². The number of para-hydroxylation sites is 1. The molecule has 0 aliphatic carbocycles. The van der Waals surface area contributed by atoms with E-state index in [9.17, 15) is 4.79 Å². The van der Waals surface area contributed by atoms with Gasteiger partial charge in [0, 0.05) is 24.5 Å². The van der Waals surface area contributed by atoms with Crippen LogP contribution in [0.15, 0.2) is 58.9 Å². The molecule has 2 aromatic carbocycles. The molecule has 1 aliphatic heterocycles. The van der Waals surface area contributed by atoms with Crippen LogP contribution in [-0.2, 0) is 4.79 Å². The summed E-state index contributed by atoms with van der Waals surface area (Å²) in [6.45, 7) is 2.23. The third kappa shape index (κ3) is 4.63. The van der Waals surface area contributed by atoms with E-state index in [0.717, 1.165) is 28.8 Å². The molecular weight excluding hydrogens is 408 g/mol. The Morgan fingerprint density at radius 1 is 1.07 bits per heavy atom. The molecule has 28 heavy (non-hydrogen) atoms. The number of amides is 1. The van der Waals surface area contributed by atoms with Crippen LogP contribution < -0.4 is 10.2 Å². The minimum Gasteiger partial charge on any atom is -0.372 e.